The van der Waals surface area contributed by atoms with E-state index < -0.39 is 0 Å². The van der Waals surface area contributed by atoms with Crippen molar-refractivity contribution in [2.24, 2.45) is 5.92 Å². The van der Waals surface area contributed by atoms with Gasteiger partial charge < -0.3 is 15.0 Å². The van der Waals surface area contributed by atoms with Crippen molar-refractivity contribution in [2.45, 2.75) is 26.7 Å². The SMILES string of the molecule is CCOc1ccc(N(C)CC2CCCNC2)cc1C. The lowest BCUT2D eigenvalue weighted by molar-refractivity contribution is 0.338. The van der Waals surface area contributed by atoms with Gasteiger partial charge in [-0.15, -0.1) is 0 Å². The van der Waals surface area contributed by atoms with Crippen molar-refractivity contribution >= 4 is 5.69 Å². The molecule has 1 N–H and O–H groups in total. The molecule has 0 radical (unpaired) electrons. The number of rotatable bonds is 5. The third kappa shape index (κ3) is 3.87. The van der Waals surface area contributed by atoms with E-state index in [9.17, 15) is 0 Å². The standard InChI is InChI=1S/C16H26N2O/c1-4-19-16-8-7-15(10-13(16)2)18(3)12-14-6-5-9-17-11-14/h7-8,10,14,17H,4-6,9,11-12H2,1-3H3. The number of anilines is 1. The molecule has 1 saturated heterocycles. The molecule has 1 aliphatic heterocycles. The molecule has 0 spiro atoms. The van der Waals surface area contributed by atoms with Crippen molar-refractivity contribution in [3.8, 4) is 5.75 Å². The summed E-state index contributed by atoms with van der Waals surface area (Å²) < 4.78 is 5.59. The van der Waals surface area contributed by atoms with Gasteiger partial charge in [0.05, 0.1) is 6.61 Å². The first-order valence-corrected chi connectivity index (χ1v) is 7.36. The topological polar surface area (TPSA) is 24.5 Å². The zero-order valence-electron chi connectivity index (χ0n) is 12.4. The Kier molecular flexibility index (Phi) is 5.08. The van der Waals surface area contributed by atoms with E-state index in [-0.39, 0.29) is 0 Å². The summed E-state index contributed by atoms with van der Waals surface area (Å²) in [6, 6.07) is 6.47. The zero-order chi connectivity index (χ0) is 13.7. The highest BCUT2D eigenvalue weighted by atomic mass is 16.5. The minimum absolute atomic E-state index is 0.726. The maximum absolute atomic E-state index is 5.59. The summed E-state index contributed by atoms with van der Waals surface area (Å²) in [5, 5.41) is 3.48. The molecule has 0 amide bonds. The number of aryl methyl sites for hydroxylation is 1. The molecule has 0 aromatic heterocycles. The van der Waals surface area contributed by atoms with Crippen molar-refractivity contribution in [2.75, 3.05) is 38.2 Å². The van der Waals surface area contributed by atoms with Gasteiger partial charge in [-0.1, -0.05) is 0 Å². The van der Waals surface area contributed by atoms with E-state index in [4.69, 9.17) is 4.74 Å². The van der Waals surface area contributed by atoms with E-state index in [1.807, 2.05) is 6.92 Å². The molecule has 1 aliphatic rings. The van der Waals surface area contributed by atoms with Crippen LogP contribution in [-0.2, 0) is 0 Å². The maximum atomic E-state index is 5.59. The van der Waals surface area contributed by atoms with Gasteiger partial charge in [-0.2, -0.15) is 0 Å². The lowest BCUT2D eigenvalue weighted by atomic mass is 9.99. The summed E-state index contributed by atoms with van der Waals surface area (Å²) in [5.41, 5.74) is 2.50. The Bertz CT molecular complexity index is 400. The van der Waals surface area contributed by atoms with Crippen LogP contribution in [0.2, 0.25) is 0 Å². The number of nitrogens with zero attached hydrogens (tertiary/aromatic N) is 1. The molecule has 2 rings (SSSR count). The van der Waals surface area contributed by atoms with Gasteiger partial charge >= 0.3 is 0 Å². The Balaban J connectivity index is 1.98. The van der Waals surface area contributed by atoms with Crippen molar-refractivity contribution in [3.05, 3.63) is 23.8 Å². The second kappa shape index (κ2) is 6.80. The predicted molar refractivity (Wildman–Crippen MR) is 81.2 cm³/mol. The van der Waals surface area contributed by atoms with Gasteiger partial charge in [-0.05, 0) is 69.5 Å². The van der Waals surface area contributed by atoms with Crippen molar-refractivity contribution in [1.29, 1.82) is 0 Å². The van der Waals surface area contributed by atoms with Crippen LogP contribution < -0.4 is 15.0 Å². The van der Waals surface area contributed by atoms with Crippen LogP contribution in [0.4, 0.5) is 5.69 Å². The fourth-order valence-electron chi connectivity index (χ4n) is 2.76. The van der Waals surface area contributed by atoms with Gasteiger partial charge in [0.2, 0.25) is 0 Å². The monoisotopic (exact) mass is 262 g/mol. The number of benzene rings is 1. The molecular formula is C16H26N2O. The van der Waals surface area contributed by atoms with E-state index in [0.717, 1.165) is 31.4 Å². The first-order chi connectivity index (χ1) is 9.20. The number of hydrogen-bond donors (Lipinski definition) is 1. The molecule has 1 fully saturated rings. The van der Waals surface area contributed by atoms with Crippen molar-refractivity contribution < 1.29 is 4.74 Å². The van der Waals surface area contributed by atoms with Gasteiger partial charge in [0.1, 0.15) is 5.75 Å². The third-order valence-electron chi connectivity index (χ3n) is 3.83. The number of hydrogen-bond acceptors (Lipinski definition) is 3. The van der Waals surface area contributed by atoms with E-state index >= 15 is 0 Å². The highest BCUT2D eigenvalue weighted by Crippen LogP contribution is 2.25. The lowest BCUT2D eigenvalue weighted by Crippen LogP contribution is -2.36. The summed E-state index contributed by atoms with van der Waals surface area (Å²) in [5.74, 6) is 1.77. The van der Waals surface area contributed by atoms with E-state index in [1.165, 1.54) is 30.6 Å². The highest BCUT2D eigenvalue weighted by Gasteiger charge is 2.15. The normalized spacial score (nSPS) is 19.2. The first-order valence-electron chi connectivity index (χ1n) is 7.36. The van der Waals surface area contributed by atoms with Crippen LogP contribution >= 0.6 is 0 Å². The van der Waals surface area contributed by atoms with Gasteiger partial charge in [-0.25, -0.2) is 0 Å². The van der Waals surface area contributed by atoms with Crippen LogP contribution in [0.5, 0.6) is 5.75 Å². The van der Waals surface area contributed by atoms with E-state index in [1.54, 1.807) is 0 Å². The molecule has 1 heterocycles. The summed E-state index contributed by atoms with van der Waals surface area (Å²) >= 11 is 0. The molecule has 1 aromatic rings. The van der Waals surface area contributed by atoms with Crippen LogP contribution in [-0.4, -0.2) is 33.3 Å². The van der Waals surface area contributed by atoms with Crippen molar-refractivity contribution in [1.82, 2.24) is 5.32 Å². The van der Waals surface area contributed by atoms with Crippen molar-refractivity contribution in [3.63, 3.8) is 0 Å². The average molecular weight is 262 g/mol. The average Bonchev–Trinajstić information content (AvgIpc) is 2.42. The van der Waals surface area contributed by atoms with E-state index in [2.05, 4.69) is 42.4 Å². The van der Waals surface area contributed by atoms with E-state index in [0.29, 0.717) is 0 Å². The van der Waals surface area contributed by atoms with Gasteiger partial charge in [-0.3, -0.25) is 0 Å². The lowest BCUT2D eigenvalue weighted by Gasteiger charge is -2.29. The molecule has 19 heavy (non-hydrogen) atoms. The Morgan fingerprint density at radius 1 is 1.42 bits per heavy atom. The Morgan fingerprint density at radius 3 is 2.89 bits per heavy atom. The second-order valence-electron chi connectivity index (χ2n) is 5.48. The fraction of sp³-hybridized carbons (Fsp3) is 0.625. The van der Waals surface area contributed by atoms with Crippen LogP contribution in [0.1, 0.15) is 25.3 Å². The van der Waals surface area contributed by atoms with Crippen LogP contribution in [0.25, 0.3) is 0 Å². The Hall–Kier alpha value is -1.22. The second-order valence-corrected chi connectivity index (χ2v) is 5.48. The zero-order valence-corrected chi connectivity index (χ0v) is 12.4. The molecule has 106 valence electrons. The quantitative estimate of drug-likeness (QED) is 0.883. The van der Waals surface area contributed by atoms with Gasteiger partial charge in [0.15, 0.2) is 0 Å². The smallest absolute Gasteiger partial charge is 0.122 e. The molecular weight excluding hydrogens is 236 g/mol. The maximum Gasteiger partial charge on any atom is 0.122 e. The number of nitrogens with one attached hydrogen (secondary N) is 1. The summed E-state index contributed by atoms with van der Waals surface area (Å²) in [4.78, 5) is 2.36. The van der Waals surface area contributed by atoms with Crippen LogP contribution in [0.15, 0.2) is 18.2 Å². The summed E-state index contributed by atoms with van der Waals surface area (Å²) in [6.45, 7) is 8.33. The molecule has 1 atom stereocenters. The fourth-order valence-corrected chi connectivity index (χ4v) is 2.76. The molecule has 1 aromatic carbocycles. The molecule has 0 saturated carbocycles. The molecule has 1 unspecified atom stereocenters. The largest absolute Gasteiger partial charge is 0.494 e. The van der Waals surface area contributed by atoms with Gasteiger partial charge in [0, 0.05) is 19.3 Å². The minimum Gasteiger partial charge on any atom is -0.494 e. The van der Waals surface area contributed by atoms with Gasteiger partial charge in [0.25, 0.3) is 0 Å². The Labute approximate surface area is 116 Å². The third-order valence-corrected chi connectivity index (χ3v) is 3.83. The Morgan fingerprint density at radius 2 is 2.26 bits per heavy atom. The molecule has 3 heteroatoms. The number of piperidine rings is 1. The first kappa shape index (κ1) is 14.2. The summed E-state index contributed by atoms with van der Waals surface area (Å²) in [7, 11) is 2.18. The highest BCUT2D eigenvalue weighted by molar-refractivity contribution is 5.52. The van der Waals surface area contributed by atoms with Crippen LogP contribution in [0, 0.1) is 12.8 Å². The summed E-state index contributed by atoms with van der Waals surface area (Å²) in [6.07, 6.45) is 2.65. The molecule has 0 aliphatic carbocycles. The minimum atomic E-state index is 0.726. The van der Waals surface area contributed by atoms with Crippen LogP contribution in [0.3, 0.4) is 0 Å². The number of ether oxygens (including phenoxy) is 1. The molecule has 3 nitrogen and oxygen atoms in total. The predicted octanol–water partition coefficient (Wildman–Crippen LogP) is 2.83. The molecule has 0 bridgehead atoms.